The minimum absolute atomic E-state index is 0.0583. The van der Waals surface area contributed by atoms with Crippen LogP contribution in [0.3, 0.4) is 0 Å². The van der Waals surface area contributed by atoms with Gasteiger partial charge in [-0.15, -0.1) is 0 Å². The van der Waals surface area contributed by atoms with Gasteiger partial charge in [0.2, 0.25) is 33.4 Å². The maximum absolute atomic E-state index is 7.01. The number of hydrogen-bond donors (Lipinski definition) is 0. The predicted octanol–water partition coefficient (Wildman–Crippen LogP) is 19.4. The molecule has 0 unspecified atom stereocenters. The zero-order valence-electron chi connectivity index (χ0n) is 49.2. The Bertz CT molecular complexity index is 4010. The molecule has 0 aliphatic carbocycles. The molecule has 0 atom stereocenters. The lowest BCUT2D eigenvalue weighted by molar-refractivity contribution is -0.538. The molecule has 0 spiro atoms. The Hall–Kier alpha value is -8.34. The second-order valence-electron chi connectivity index (χ2n) is 26.1. The van der Waals surface area contributed by atoms with Gasteiger partial charge in [-0.3, -0.25) is 0 Å². The normalized spacial score (nSPS) is 12.6. The maximum Gasteiger partial charge on any atom is 0.219 e. The molecule has 0 aliphatic rings. The fourth-order valence-electron chi connectivity index (χ4n) is 12.4. The van der Waals surface area contributed by atoms with Gasteiger partial charge in [-0.25, -0.2) is 0 Å². The molecule has 0 amide bonds. The minimum Gasteiger partial charge on any atom is -0.495 e. The molecular formula is C76H74N2O2+2. The van der Waals surface area contributed by atoms with E-state index in [9.17, 15) is 0 Å². The smallest absolute Gasteiger partial charge is 0.219 e. The highest BCUT2D eigenvalue weighted by atomic mass is 16.5. The van der Waals surface area contributed by atoms with Crippen LogP contribution in [0.1, 0.15) is 105 Å². The van der Waals surface area contributed by atoms with E-state index in [1.54, 1.807) is 0 Å². The zero-order chi connectivity index (χ0) is 56.2. The second kappa shape index (κ2) is 19.2. The van der Waals surface area contributed by atoms with E-state index >= 15 is 0 Å². The summed E-state index contributed by atoms with van der Waals surface area (Å²) in [5, 5.41) is 8.90. The van der Waals surface area contributed by atoms with Crippen LogP contribution in [0.5, 0.6) is 11.5 Å². The SMILES string of the molecule is COc1c(-c2c3ccccc3[n+](-c3cc(C(C)(C)C)cc(C(C)(C)C)c3)c3ccccc23)cc2ccccc2c1-c1c(OC)c(-c2c3ccccc3[n+](-c3cc(C(C)(C)C)cc(C(C)(C)C)c3)c3ccccc23)cc2ccccc12. The number of benzene rings is 10. The van der Waals surface area contributed by atoms with Crippen molar-refractivity contribution in [3.05, 3.63) is 216 Å². The van der Waals surface area contributed by atoms with Crippen LogP contribution in [-0.2, 0) is 21.7 Å². The fraction of sp³-hybridized carbons (Fsp3) is 0.237. The van der Waals surface area contributed by atoms with Crippen LogP contribution >= 0.6 is 0 Å². The number of methoxy groups -OCH3 is 2. The van der Waals surface area contributed by atoms with Crippen LogP contribution in [0, 0.1) is 0 Å². The molecule has 0 N–H and O–H groups in total. The van der Waals surface area contributed by atoms with Crippen LogP contribution < -0.4 is 18.6 Å². The Morgan fingerprint density at radius 2 is 0.525 bits per heavy atom. The quantitative estimate of drug-likeness (QED) is 0.117. The van der Waals surface area contributed by atoms with Crippen LogP contribution in [-0.4, -0.2) is 14.2 Å². The summed E-state index contributed by atoms with van der Waals surface area (Å²) in [4.78, 5) is 0. The van der Waals surface area contributed by atoms with E-state index in [0.29, 0.717) is 0 Å². The average Bonchev–Trinajstić information content (AvgIpc) is 3.46. The summed E-state index contributed by atoms with van der Waals surface area (Å²) in [5.41, 5.74) is 18.0. The Kier molecular flexibility index (Phi) is 12.6. The molecule has 0 saturated carbocycles. The number of para-hydroxylation sites is 4. The van der Waals surface area contributed by atoms with Gasteiger partial charge in [0.05, 0.1) is 35.8 Å². The van der Waals surface area contributed by atoms with Gasteiger partial charge in [-0.1, -0.05) is 192 Å². The maximum atomic E-state index is 7.01. The first kappa shape index (κ1) is 52.4. The van der Waals surface area contributed by atoms with Crippen molar-refractivity contribution in [2.24, 2.45) is 0 Å². The predicted molar refractivity (Wildman–Crippen MR) is 339 cm³/mol. The molecule has 2 heterocycles. The molecule has 2 aromatic heterocycles. The highest BCUT2D eigenvalue weighted by Gasteiger charge is 2.34. The van der Waals surface area contributed by atoms with Gasteiger partial charge in [-0.2, -0.15) is 9.13 Å². The van der Waals surface area contributed by atoms with Crippen LogP contribution in [0.2, 0.25) is 0 Å². The molecule has 80 heavy (non-hydrogen) atoms. The van der Waals surface area contributed by atoms with Gasteiger partial charge in [-0.05, 0) is 102 Å². The van der Waals surface area contributed by atoms with E-state index < -0.39 is 0 Å². The Balaban J connectivity index is 1.19. The van der Waals surface area contributed by atoms with E-state index in [2.05, 4.69) is 286 Å². The molecule has 0 radical (unpaired) electrons. The van der Waals surface area contributed by atoms with Crippen LogP contribution in [0.15, 0.2) is 194 Å². The highest BCUT2D eigenvalue weighted by Crippen LogP contribution is 2.55. The highest BCUT2D eigenvalue weighted by molar-refractivity contribution is 6.19. The molecule has 0 saturated heterocycles. The van der Waals surface area contributed by atoms with Crippen molar-refractivity contribution in [1.82, 2.24) is 0 Å². The topological polar surface area (TPSA) is 26.2 Å². The van der Waals surface area contributed by atoms with Gasteiger partial charge in [0, 0.05) is 81.9 Å². The molecule has 0 bridgehead atoms. The van der Waals surface area contributed by atoms with E-state index in [4.69, 9.17) is 9.47 Å². The van der Waals surface area contributed by atoms with Crippen molar-refractivity contribution in [3.8, 4) is 56.3 Å². The minimum atomic E-state index is -0.0583. The first-order valence-corrected chi connectivity index (χ1v) is 28.4. The summed E-state index contributed by atoms with van der Waals surface area (Å²) in [6, 6.07) is 72.4. The molecule has 4 nitrogen and oxygen atoms in total. The second-order valence-corrected chi connectivity index (χ2v) is 26.1. The summed E-state index contributed by atoms with van der Waals surface area (Å²) in [7, 11) is 3.68. The molecule has 12 aromatic rings. The first-order chi connectivity index (χ1) is 38.1. The number of rotatable bonds is 7. The van der Waals surface area contributed by atoms with Crippen molar-refractivity contribution in [2.75, 3.05) is 14.2 Å². The van der Waals surface area contributed by atoms with Gasteiger partial charge >= 0.3 is 0 Å². The Morgan fingerprint density at radius 1 is 0.275 bits per heavy atom. The Labute approximate surface area is 472 Å². The standard InChI is InChI=1S/C76H74N2O2/c1-73(2,3)49-41-50(74(4,5)6)44-53(43-49)77-63-35-23-19-31-57(63)67(58-32-20-24-36-64(58)77)61-39-47-27-15-17-29-55(47)69(71(61)79-13)70-56-30-18-16-28-48(56)40-62(72(70)80-14)68-59-33-21-25-37-65(59)78(66-38-26-22-34-60(66)68)54-45-51(75(7,8)9)42-52(46-54)76(10,11)12/h15-46H,1-14H3/q+2. The number of nitrogens with zero attached hydrogens (tertiary/aromatic N) is 2. The largest absolute Gasteiger partial charge is 0.495 e. The van der Waals surface area contributed by atoms with Gasteiger partial charge < -0.3 is 9.47 Å². The van der Waals surface area contributed by atoms with Gasteiger partial charge in [0.1, 0.15) is 11.5 Å². The zero-order valence-corrected chi connectivity index (χ0v) is 49.2. The van der Waals surface area contributed by atoms with Gasteiger partial charge in [0.15, 0.2) is 0 Å². The van der Waals surface area contributed by atoms with Crippen molar-refractivity contribution < 1.29 is 18.6 Å². The molecule has 12 rings (SSSR count). The molecule has 398 valence electrons. The van der Waals surface area contributed by atoms with Crippen LogP contribution in [0.25, 0.3) is 110 Å². The summed E-state index contributed by atoms with van der Waals surface area (Å²) in [5.74, 6) is 1.58. The monoisotopic (exact) mass is 1050 g/mol. The molecule has 4 heteroatoms. The summed E-state index contributed by atoms with van der Waals surface area (Å²) >= 11 is 0. The molecular weight excluding hydrogens is 973 g/mol. The van der Waals surface area contributed by atoms with Crippen molar-refractivity contribution in [1.29, 1.82) is 0 Å². The summed E-state index contributed by atoms with van der Waals surface area (Å²) in [6.07, 6.45) is 0. The number of ether oxygens (including phenoxy) is 2. The number of fused-ring (bicyclic) bond motifs is 6. The third-order valence-corrected chi connectivity index (χ3v) is 16.7. The van der Waals surface area contributed by atoms with Gasteiger partial charge in [0.25, 0.3) is 0 Å². The van der Waals surface area contributed by atoms with Crippen molar-refractivity contribution in [2.45, 2.75) is 105 Å². The number of hydrogen-bond acceptors (Lipinski definition) is 2. The lowest BCUT2D eigenvalue weighted by Crippen LogP contribution is -2.34. The lowest BCUT2D eigenvalue weighted by atomic mass is 9.80. The van der Waals surface area contributed by atoms with E-state index in [-0.39, 0.29) is 21.7 Å². The first-order valence-electron chi connectivity index (χ1n) is 28.4. The third-order valence-electron chi connectivity index (χ3n) is 16.7. The average molecular weight is 1050 g/mol. The summed E-state index contributed by atoms with van der Waals surface area (Å²) in [6.45, 7) is 27.8. The van der Waals surface area contributed by atoms with E-state index in [1.165, 1.54) is 22.3 Å². The lowest BCUT2D eigenvalue weighted by Gasteiger charge is -2.26. The number of aromatic nitrogens is 2. The van der Waals surface area contributed by atoms with E-state index in [1.807, 2.05) is 14.2 Å². The fourth-order valence-corrected chi connectivity index (χ4v) is 12.4. The van der Waals surface area contributed by atoms with Crippen LogP contribution in [0.4, 0.5) is 0 Å². The Morgan fingerprint density at radius 3 is 0.787 bits per heavy atom. The molecule has 0 fully saturated rings. The van der Waals surface area contributed by atoms with E-state index in [0.717, 1.165) is 121 Å². The molecule has 0 aliphatic heterocycles. The molecule has 10 aromatic carbocycles. The van der Waals surface area contributed by atoms with Crippen molar-refractivity contribution in [3.63, 3.8) is 0 Å². The third kappa shape index (κ3) is 8.76. The summed E-state index contributed by atoms with van der Waals surface area (Å²) < 4.78 is 19.0. The number of pyridine rings is 2. The van der Waals surface area contributed by atoms with Crippen molar-refractivity contribution >= 4 is 65.2 Å².